The van der Waals surface area contributed by atoms with Gasteiger partial charge in [-0.2, -0.15) is 0 Å². The Hall–Kier alpha value is -3.22. The molecule has 1 aliphatic rings. The smallest absolute Gasteiger partial charge is 0.224 e. The van der Waals surface area contributed by atoms with E-state index in [0.29, 0.717) is 16.9 Å². The monoisotopic (exact) mass is 363 g/mol. The van der Waals surface area contributed by atoms with Crippen LogP contribution in [-0.4, -0.2) is 25.8 Å². The first kappa shape index (κ1) is 16.0. The first-order valence-corrected chi connectivity index (χ1v) is 8.98. The van der Waals surface area contributed by atoms with Gasteiger partial charge in [-0.05, 0) is 43.7 Å². The quantitative estimate of drug-likeness (QED) is 0.518. The molecule has 0 radical (unpaired) electrons. The van der Waals surface area contributed by atoms with Gasteiger partial charge >= 0.3 is 0 Å². The summed E-state index contributed by atoms with van der Waals surface area (Å²) in [6.07, 6.45) is 0.781. The summed E-state index contributed by atoms with van der Waals surface area (Å²) in [6.45, 7) is 1.87. The molecule has 2 unspecified atom stereocenters. The van der Waals surface area contributed by atoms with Crippen LogP contribution in [-0.2, 0) is 4.79 Å². The molecule has 6 nitrogen and oxygen atoms in total. The molecule has 7 heteroatoms. The fraction of sp³-hybridized carbons (Fsp3) is 0.250. The number of aromatic nitrogens is 4. The van der Waals surface area contributed by atoms with Gasteiger partial charge in [0.2, 0.25) is 5.91 Å². The van der Waals surface area contributed by atoms with E-state index >= 15 is 0 Å². The molecule has 0 bridgehead atoms. The average Bonchev–Trinajstić information content (AvgIpc) is 3.16. The van der Waals surface area contributed by atoms with Gasteiger partial charge in [-0.15, -0.1) is 0 Å². The summed E-state index contributed by atoms with van der Waals surface area (Å²) in [6, 6.07) is 12.0. The number of fused-ring (bicyclic) bond motifs is 2. The van der Waals surface area contributed by atoms with E-state index in [0.717, 1.165) is 23.3 Å². The Bertz CT molecular complexity index is 1130. The molecule has 136 valence electrons. The molecular formula is C20H18FN5O. The molecule has 1 amide bonds. The number of hydrogen-bond donors (Lipinski definition) is 3. The number of carbonyl (C=O) groups excluding carboxylic acids is 1. The van der Waals surface area contributed by atoms with E-state index in [1.807, 2.05) is 31.2 Å². The minimum absolute atomic E-state index is 0.0143. The van der Waals surface area contributed by atoms with Crippen LogP contribution in [0, 0.1) is 11.7 Å². The molecule has 2 heterocycles. The molecule has 1 fully saturated rings. The summed E-state index contributed by atoms with van der Waals surface area (Å²) in [5.41, 5.74) is 3.21. The minimum Gasteiger partial charge on any atom is -0.346 e. The second-order valence-corrected chi connectivity index (χ2v) is 7.10. The molecule has 2 aromatic carbocycles. The topological polar surface area (TPSA) is 86.5 Å². The van der Waals surface area contributed by atoms with E-state index in [-0.39, 0.29) is 29.6 Å². The van der Waals surface area contributed by atoms with Crippen LogP contribution in [0.3, 0.4) is 0 Å². The molecule has 1 saturated carbocycles. The summed E-state index contributed by atoms with van der Waals surface area (Å²) in [7, 11) is 0. The normalized spacial score (nSPS) is 20.1. The molecule has 0 spiro atoms. The van der Waals surface area contributed by atoms with E-state index in [2.05, 4.69) is 25.3 Å². The number of rotatable bonds is 4. The molecule has 3 N–H and O–H groups in total. The van der Waals surface area contributed by atoms with Crippen LogP contribution in [0.1, 0.15) is 37.0 Å². The predicted molar refractivity (Wildman–Crippen MR) is 99.6 cm³/mol. The van der Waals surface area contributed by atoms with Crippen LogP contribution in [0.5, 0.6) is 0 Å². The predicted octanol–water partition coefficient (Wildman–Crippen LogP) is 3.56. The van der Waals surface area contributed by atoms with Crippen molar-refractivity contribution in [1.29, 1.82) is 0 Å². The van der Waals surface area contributed by atoms with Crippen LogP contribution < -0.4 is 5.32 Å². The summed E-state index contributed by atoms with van der Waals surface area (Å²) >= 11 is 0. The maximum absolute atomic E-state index is 13.3. The van der Waals surface area contributed by atoms with Gasteiger partial charge in [-0.1, -0.05) is 12.1 Å². The van der Waals surface area contributed by atoms with E-state index < -0.39 is 0 Å². The third kappa shape index (κ3) is 2.85. The molecule has 27 heavy (non-hydrogen) atoms. The van der Waals surface area contributed by atoms with Gasteiger partial charge in [0.25, 0.3) is 0 Å². The van der Waals surface area contributed by atoms with Crippen molar-refractivity contribution in [2.75, 3.05) is 0 Å². The number of halogens is 1. The Balaban J connectivity index is 1.28. The minimum atomic E-state index is -0.318. The molecule has 0 aliphatic heterocycles. The fourth-order valence-electron chi connectivity index (χ4n) is 3.53. The SMILES string of the molecule is CC(NC(=O)C1C[C@@H]1c1nc2ccccc2[nH]1)c1nc2ccc(F)cc2[nH]1. The van der Waals surface area contributed by atoms with Crippen molar-refractivity contribution in [3.8, 4) is 0 Å². The zero-order chi connectivity index (χ0) is 18.5. The fourth-order valence-corrected chi connectivity index (χ4v) is 3.53. The molecule has 5 rings (SSSR count). The lowest BCUT2D eigenvalue weighted by Crippen LogP contribution is -2.29. The summed E-state index contributed by atoms with van der Waals surface area (Å²) in [4.78, 5) is 28.0. The number of aromatic amines is 2. The van der Waals surface area contributed by atoms with Crippen molar-refractivity contribution in [3.63, 3.8) is 0 Å². The third-order valence-corrected chi connectivity index (χ3v) is 5.12. The van der Waals surface area contributed by atoms with Crippen LogP contribution in [0.4, 0.5) is 4.39 Å². The Morgan fingerprint density at radius 3 is 2.81 bits per heavy atom. The van der Waals surface area contributed by atoms with Crippen molar-refractivity contribution in [2.45, 2.75) is 25.3 Å². The van der Waals surface area contributed by atoms with Crippen LogP contribution >= 0.6 is 0 Å². The number of benzene rings is 2. The molecule has 4 aromatic rings. The number of carbonyl (C=O) groups is 1. The number of nitrogens with zero attached hydrogens (tertiary/aromatic N) is 2. The third-order valence-electron chi connectivity index (χ3n) is 5.12. The number of hydrogen-bond acceptors (Lipinski definition) is 3. The molecule has 0 saturated heterocycles. The van der Waals surface area contributed by atoms with E-state index in [1.165, 1.54) is 12.1 Å². The van der Waals surface area contributed by atoms with E-state index in [1.54, 1.807) is 6.07 Å². The van der Waals surface area contributed by atoms with Crippen LogP contribution in [0.15, 0.2) is 42.5 Å². The number of amides is 1. The zero-order valence-electron chi connectivity index (χ0n) is 14.7. The molecular weight excluding hydrogens is 345 g/mol. The summed E-state index contributed by atoms with van der Waals surface area (Å²) in [5, 5.41) is 3.00. The summed E-state index contributed by atoms with van der Waals surface area (Å²) < 4.78 is 13.3. The Morgan fingerprint density at radius 1 is 1.15 bits per heavy atom. The molecule has 1 aliphatic carbocycles. The Labute approximate surface area is 154 Å². The largest absolute Gasteiger partial charge is 0.346 e. The van der Waals surface area contributed by atoms with E-state index in [4.69, 9.17) is 0 Å². The maximum Gasteiger partial charge on any atom is 0.224 e. The number of H-pyrrole nitrogens is 2. The number of imidazole rings is 2. The number of nitrogens with one attached hydrogen (secondary N) is 3. The Kier molecular flexibility index (Phi) is 3.50. The highest BCUT2D eigenvalue weighted by Crippen LogP contribution is 2.47. The first-order valence-electron chi connectivity index (χ1n) is 8.98. The lowest BCUT2D eigenvalue weighted by atomic mass is 10.2. The van der Waals surface area contributed by atoms with Gasteiger partial charge in [0.1, 0.15) is 17.5 Å². The van der Waals surface area contributed by atoms with Crippen LogP contribution in [0.2, 0.25) is 0 Å². The van der Waals surface area contributed by atoms with E-state index in [9.17, 15) is 9.18 Å². The van der Waals surface area contributed by atoms with Crippen LogP contribution in [0.25, 0.3) is 22.1 Å². The van der Waals surface area contributed by atoms with Gasteiger partial charge in [0, 0.05) is 11.8 Å². The van der Waals surface area contributed by atoms with Crippen molar-refractivity contribution < 1.29 is 9.18 Å². The Morgan fingerprint density at radius 2 is 1.96 bits per heavy atom. The summed E-state index contributed by atoms with van der Waals surface area (Å²) in [5.74, 6) is 1.18. The van der Waals surface area contributed by atoms with Crippen molar-refractivity contribution >= 4 is 28.0 Å². The van der Waals surface area contributed by atoms with Gasteiger partial charge in [-0.3, -0.25) is 4.79 Å². The highest BCUT2D eigenvalue weighted by Gasteiger charge is 2.46. The second-order valence-electron chi connectivity index (χ2n) is 7.10. The lowest BCUT2D eigenvalue weighted by molar-refractivity contribution is -0.123. The molecule has 3 atom stereocenters. The maximum atomic E-state index is 13.3. The van der Waals surface area contributed by atoms with Gasteiger partial charge in [0.15, 0.2) is 0 Å². The highest BCUT2D eigenvalue weighted by atomic mass is 19.1. The second kappa shape index (κ2) is 5.90. The average molecular weight is 363 g/mol. The zero-order valence-corrected chi connectivity index (χ0v) is 14.7. The molecule has 2 aromatic heterocycles. The lowest BCUT2D eigenvalue weighted by Gasteiger charge is -2.11. The van der Waals surface area contributed by atoms with Crippen molar-refractivity contribution in [2.24, 2.45) is 5.92 Å². The first-order chi connectivity index (χ1) is 13.1. The van der Waals surface area contributed by atoms with Crippen molar-refractivity contribution in [1.82, 2.24) is 25.3 Å². The van der Waals surface area contributed by atoms with Crippen molar-refractivity contribution in [3.05, 3.63) is 59.9 Å². The number of para-hydroxylation sites is 2. The van der Waals surface area contributed by atoms with Gasteiger partial charge in [-0.25, -0.2) is 14.4 Å². The van der Waals surface area contributed by atoms with Gasteiger partial charge in [0.05, 0.1) is 28.1 Å². The van der Waals surface area contributed by atoms with Gasteiger partial charge < -0.3 is 15.3 Å². The standard InChI is InChI=1S/C20H18FN5O/c1-10(18-23-16-7-6-11(21)8-17(16)26-18)22-20(27)13-9-12(13)19-24-14-4-2-3-5-15(14)25-19/h2-8,10,12-13H,9H2,1H3,(H,22,27)(H,23,26)(H,24,25)/t10?,12-,13?/m0/s1. The highest BCUT2D eigenvalue weighted by molar-refractivity contribution is 5.84.